The van der Waals surface area contributed by atoms with E-state index in [-0.39, 0.29) is 16.8 Å². The summed E-state index contributed by atoms with van der Waals surface area (Å²) >= 11 is 3.50. The summed E-state index contributed by atoms with van der Waals surface area (Å²) in [4.78, 5) is 12.5. The van der Waals surface area contributed by atoms with E-state index in [0.29, 0.717) is 30.0 Å². The van der Waals surface area contributed by atoms with E-state index in [0.717, 1.165) is 22.9 Å². The number of ether oxygens (including phenoxy) is 2. The number of nitrogens with one attached hydrogen (secondary N) is 2. The zero-order chi connectivity index (χ0) is 21.0. The van der Waals surface area contributed by atoms with Crippen molar-refractivity contribution in [1.29, 1.82) is 0 Å². The van der Waals surface area contributed by atoms with Crippen LogP contribution in [0.1, 0.15) is 28.8 Å². The predicted octanol–water partition coefficient (Wildman–Crippen LogP) is 2.88. The van der Waals surface area contributed by atoms with E-state index in [1.54, 1.807) is 14.2 Å². The van der Waals surface area contributed by atoms with Crippen LogP contribution in [0, 0.1) is 0 Å². The fourth-order valence-electron chi connectivity index (χ4n) is 2.77. The van der Waals surface area contributed by atoms with Crippen LogP contribution in [-0.2, 0) is 16.4 Å². The Bertz CT molecular complexity index is 989. The van der Waals surface area contributed by atoms with Gasteiger partial charge in [0.05, 0.1) is 19.1 Å². The van der Waals surface area contributed by atoms with E-state index in [2.05, 4.69) is 26.0 Å². The normalized spacial score (nSPS) is 13.8. The molecule has 0 heterocycles. The molecule has 2 aromatic carbocycles. The first kappa shape index (κ1) is 21.6. The maximum absolute atomic E-state index is 12.4. The van der Waals surface area contributed by atoms with Crippen molar-refractivity contribution >= 4 is 31.9 Å². The van der Waals surface area contributed by atoms with Gasteiger partial charge in [-0.05, 0) is 61.2 Å². The second kappa shape index (κ2) is 9.15. The van der Waals surface area contributed by atoms with Crippen LogP contribution in [-0.4, -0.2) is 41.1 Å². The SMILES string of the molecule is COc1cc(Br)c(CCNC(=O)c2ccc(S(=O)(=O)NC3CC3)cc2)cc1OC. The summed E-state index contributed by atoms with van der Waals surface area (Å²) in [5.74, 6) is 0.979. The molecule has 1 saturated carbocycles. The van der Waals surface area contributed by atoms with Crippen LogP contribution in [0.4, 0.5) is 0 Å². The van der Waals surface area contributed by atoms with Gasteiger partial charge in [0.2, 0.25) is 10.0 Å². The number of rotatable bonds is 9. The smallest absolute Gasteiger partial charge is 0.251 e. The summed E-state index contributed by atoms with van der Waals surface area (Å²) in [7, 11) is -0.376. The molecule has 0 aliphatic heterocycles. The molecule has 0 spiro atoms. The van der Waals surface area contributed by atoms with Crippen molar-refractivity contribution in [3.05, 3.63) is 52.0 Å². The van der Waals surface area contributed by atoms with E-state index in [9.17, 15) is 13.2 Å². The maximum atomic E-state index is 12.4. The molecule has 0 saturated heterocycles. The van der Waals surface area contributed by atoms with Gasteiger partial charge >= 0.3 is 0 Å². The average molecular weight is 483 g/mol. The number of amides is 1. The molecule has 2 aromatic rings. The number of carbonyl (C=O) groups is 1. The first-order valence-electron chi connectivity index (χ1n) is 9.15. The van der Waals surface area contributed by atoms with Gasteiger partial charge < -0.3 is 14.8 Å². The molecule has 1 aliphatic rings. The first-order valence-corrected chi connectivity index (χ1v) is 11.4. The van der Waals surface area contributed by atoms with E-state index < -0.39 is 10.0 Å². The van der Waals surface area contributed by atoms with Crippen LogP contribution in [0.5, 0.6) is 11.5 Å². The van der Waals surface area contributed by atoms with Gasteiger partial charge in [-0.2, -0.15) is 0 Å². The van der Waals surface area contributed by atoms with Crippen molar-refractivity contribution in [2.75, 3.05) is 20.8 Å². The van der Waals surface area contributed by atoms with Crippen molar-refractivity contribution < 1.29 is 22.7 Å². The van der Waals surface area contributed by atoms with Gasteiger partial charge in [0, 0.05) is 22.6 Å². The fraction of sp³-hybridized carbons (Fsp3) is 0.350. The highest BCUT2D eigenvalue weighted by Crippen LogP contribution is 2.33. The molecule has 2 N–H and O–H groups in total. The van der Waals surface area contributed by atoms with Crippen LogP contribution in [0.3, 0.4) is 0 Å². The number of hydrogen-bond donors (Lipinski definition) is 2. The Labute approximate surface area is 179 Å². The molecule has 0 unspecified atom stereocenters. The molecule has 156 valence electrons. The second-order valence-corrected chi connectivity index (χ2v) is 9.29. The first-order chi connectivity index (χ1) is 13.8. The Hall–Kier alpha value is -2.10. The highest BCUT2D eigenvalue weighted by atomic mass is 79.9. The van der Waals surface area contributed by atoms with Gasteiger partial charge in [-0.15, -0.1) is 0 Å². The zero-order valence-electron chi connectivity index (χ0n) is 16.2. The average Bonchev–Trinajstić information content (AvgIpc) is 3.52. The van der Waals surface area contributed by atoms with E-state index in [1.807, 2.05) is 12.1 Å². The molecule has 9 heteroatoms. The van der Waals surface area contributed by atoms with Crippen LogP contribution < -0.4 is 19.5 Å². The quantitative estimate of drug-likeness (QED) is 0.572. The Morgan fingerprint density at radius 3 is 2.31 bits per heavy atom. The minimum atomic E-state index is -3.52. The molecule has 0 radical (unpaired) electrons. The van der Waals surface area contributed by atoms with Crippen molar-refractivity contribution in [3.8, 4) is 11.5 Å². The van der Waals surface area contributed by atoms with Crippen LogP contribution in [0.2, 0.25) is 0 Å². The summed E-state index contributed by atoms with van der Waals surface area (Å²) in [5.41, 5.74) is 1.37. The van der Waals surface area contributed by atoms with Gasteiger partial charge in [0.15, 0.2) is 11.5 Å². The highest BCUT2D eigenvalue weighted by molar-refractivity contribution is 9.10. The van der Waals surface area contributed by atoms with Crippen LogP contribution >= 0.6 is 15.9 Å². The summed E-state index contributed by atoms with van der Waals surface area (Å²) in [6, 6.07) is 9.66. The summed E-state index contributed by atoms with van der Waals surface area (Å²) in [6.07, 6.45) is 2.33. The Kier molecular flexibility index (Phi) is 6.81. The molecular weight excluding hydrogens is 460 g/mol. The minimum Gasteiger partial charge on any atom is -0.493 e. The topological polar surface area (TPSA) is 93.7 Å². The molecule has 0 atom stereocenters. The fourth-order valence-corrected chi connectivity index (χ4v) is 4.60. The van der Waals surface area contributed by atoms with Crippen LogP contribution in [0.15, 0.2) is 45.8 Å². The van der Waals surface area contributed by atoms with Crippen molar-refractivity contribution in [1.82, 2.24) is 10.0 Å². The van der Waals surface area contributed by atoms with Crippen molar-refractivity contribution in [3.63, 3.8) is 0 Å². The van der Waals surface area contributed by atoms with Gasteiger partial charge in [-0.25, -0.2) is 13.1 Å². The molecule has 29 heavy (non-hydrogen) atoms. The Morgan fingerprint density at radius 1 is 1.10 bits per heavy atom. The number of halogens is 1. The van der Waals surface area contributed by atoms with E-state index in [1.165, 1.54) is 24.3 Å². The lowest BCUT2D eigenvalue weighted by Gasteiger charge is -2.12. The van der Waals surface area contributed by atoms with E-state index in [4.69, 9.17) is 9.47 Å². The van der Waals surface area contributed by atoms with Gasteiger partial charge in [0.1, 0.15) is 0 Å². The number of sulfonamides is 1. The molecular formula is C20H23BrN2O5S. The molecule has 3 rings (SSSR count). The molecule has 1 fully saturated rings. The summed E-state index contributed by atoms with van der Waals surface area (Å²) in [6.45, 7) is 0.413. The lowest BCUT2D eigenvalue weighted by molar-refractivity contribution is 0.0954. The lowest BCUT2D eigenvalue weighted by atomic mass is 10.1. The van der Waals surface area contributed by atoms with E-state index >= 15 is 0 Å². The predicted molar refractivity (Wildman–Crippen MR) is 113 cm³/mol. The number of carbonyl (C=O) groups excluding carboxylic acids is 1. The lowest BCUT2D eigenvalue weighted by Crippen LogP contribution is -2.27. The monoisotopic (exact) mass is 482 g/mol. The van der Waals surface area contributed by atoms with Gasteiger partial charge in [0.25, 0.3) is 5.91 Å². The maximum Gasteiger partial charge on any atom is 0.251 e. The third kappa shape index (κ3) is 5.49. The standard InChI is InChI=1S/C20H23BrN2O5S/c1-27-18-11-14(17(21)12-19(18)28-2)9-10-22-20(24)13-3-7-16(8-4-13)29(25,26)23-15-5-6-15/h3-4,7-8,11-12,15,23H,5-6,9-10H2,1-2H3,(H,22,24). The highest BCUT2D eigenvalue weighted by Gasteiger charge is 2.27. The Balaban J connectivity index is 1.58. The molecule has 0 bridgehead atoms. The molecule has 7 nitrogen and oxygen atoms in total. The van der Waals surface area contributed by atoms with Gasteiger partial charge in [-0.3, -0.25) is 4.79 Å². The number of methoxy groups -OCH3 is 2. The molecule has 1 amide bonds. The summed E-state index contributed by atoms with van der Waals surface area (Å²) < 4.78 is 38.4. The van der Waals surface area contributed by atoms with Crippen LogP contribution in [0.25, 0.3) is 0 Å². The largest absolute Gasteiger partial charge is 0.493 e. The molecule has 0 aromatic heterocycles. The third-order valence-corrected chi connectivity index (χ3v) is 6.83. The summed E-state index contributed by atoms with van der Waals surface area (Å²) in [5, 5.41) is 2.84. The molecule has 1 aliphatic carbocycles. The van der Waals surface area contributed by atoms with Crippen molar-refractivity contribution in [2.24, 2.45) is 0 Å². The minimum absolute atomic E-state index is 0.0406. The Morgan fingerprint density at radius 2 is 1.72 bits per heavy atom. The third-order valence-electron chi connectivity index (χ3n) is 4.56. The number of benzene rings is 2. The second-order valence-electron chi connectivity index (χ2n) is 6.72. The zero-order valence-corrected chi connectivity index (χ0v) is 18.6. The van der Waals surface area contributed by atoms with Crippen molar-refractivity contribution in [2.45, 2.75) is 30.2 Å². The number of hydrogen-bond acceptors (Lipinski definition) is 5. The van der Waals surface area contributed by atoms with Gasteiger partial charge in [-0.1, -0.05) is 15.9 Å².